The molecule has 1 aliphatic carbocycles. The van der Waals surface area contributed by atoms with Crippen LogP contribution < -0.4 is 11.1 Å². The standard InChI is InChI=1S/C15H23N3/c1-9(2)13-8-14(13)18-15(16)17-12-6-5-10(3)11(4)7-12/h5-7,9,13-14H,8H2,1-4H3,(H3,16,17,18)/t13-,14+/m0/s1. The van der Waals surface area contributed by atoms with E-state index in [0.29, 0.717) is 23.8 Å². The minimum Gasteiger partial charge on any atom is -0.370 e. The molecule has 1 aromatic rings. The summed E-state index contributed by atoms with van der Waals surface area (Å²) in [6.07, 6.45) is 1.17. The molecule has 1 aromatic carbocycles. The molecule has 0 unspecified atom stereocenters. The van der Waals surface area contributed by atoms with E-state index >= 15 is 0 Å². The minimum atomic E-state index is 0.420. The summed E-state index contributed by atoms with van der Waals surface area (Å²) in [7, 11) is 0. The van der Waals surface area contributed by atoms with Gasteiger partial charge in [0.15, 0.2) is 5.96 Å². The highest BCUT2D eigenvalue weighted by atomic mass is 15.1. The van der Waals surface area contributed by atoms with Crippen LogP contribution in [-0.2, 0) is 0 Å². The van der Waals surface area contributed by atoms with Crippen molar-refractivity contribution in [3.63, 3.8) is 0 Å². The van der Waals surface area contributed by atoms with Crippen LogP contribution in [0.2, 0.25) is 0 Å². The van der Waals surface area contributed by atoms with E-state index < -0.39 is 0 Å². The Balaban J connectivity index is 1.97. The van der Waals surface area contributed by atoms with Crippen molar-refractivity contribution in [3.05, 3.63) is 29.3 Å². The van der Waals surface area contributed by atoms with E-state index in [1.165, 1.54) is 17.5 Å². The molecule has 0 spiro atoms. The van der Waals surface area contributed by atoms with Gasteiger partial charge in [0.1, 0.15) is 0 Å². The van der Waals surface area contributed by atoms with Gasteiger partial charge in [-0.25, -0.2) is 4.99 Å². The lowest BCUT2D eigenvalue weighted by atomic mass is 10.1. The number of hydrogen-bond donors (Lipinski definition) is 2. The number of nitrogens with zero attached hydrogens (tertiary/aromatic N) is 1. The molecule has 2 atom stereocenters. The molecule has 2 rings (SSSR count). The highest BCUT2D eigenvalue weighted by Crippen LogP contribution is 2.39. The first-order chi connectivity index (χ1) is 8.47. The van der Waals surface area contributed by atoms with Crippen molar-refractivity contribution in [1.29, 1.82) is 0 Å². The first kappa shape index (κ1) is 12.9. The second kappa shape index (κ2) is 5.01. The summed E-state index contributed by atoms with van der Waals surface area (Å²) < 4.78 is 0. The van der Waals surface area contributed by atoms with E-state index in [1.807, 2.05) is 6.07 Å². The van der Waals surface area contributed by atoms with Crippen LogP contribution in [0.1, 0.15) is 31.4 Å². The fraction of sp³-hybridized carbons (Fsp3) is 0.533. The van der Waals surface area contributed by atoms with Gasteiger partial charge in [-0.3, -0.25) is 0 Å². The summed E-state index contributed by atoms with van der Waals surface area (Å²) in [5.41, 5.74) is 9.50. The Hall–Kier alpha value is -1.51. The van der Waals surface area contributed by atoms with Crippen molar-refractivity contribution in [2.75, 3.05) is 5.32 Å². The highest BCUT2D eigenvalue weighted by molar-refractivity contribution is 5.92. The number of aliphatic imine (C=N–C) groups is 1. The van der Waals surface area contributed by atoms with Gasteiger partial charge in [0.25, 0.3) is 0 Å². The zero-order valence-electron chi connectivity index (χ0n) is 11.7. The van der Waals surface area contributed by atoms with Crippen LogP contribution in [0.5, 0.6) is 0 Å². The van der Waals surface area contributed by atoms with E-state index in [4.69, 9.17) is 5.73 Å². The summed E-state index contributed by atoms with van der Waals surface area (Å²) in [5, 5.41) is 3.17. The van der Waals surface area contributed by atoms with Gasteiger partial charge in [-0.15, -0.1) is 0 Å². The lowest BCUT2D eigenvalue weighted by molar-refractivity contribution is 0.548. The zero-order chi connectivity index (χ0) is 13.3. The van der Waals surface area contributed by atoms with Crippen LogP contribution in [-0.4, -0.2) is 12.0 Å². The maximum atomic E-state index is 5.94. The third kappa shape index (κ3) is 3.03. The quantitative estimate of drug-likeness (QED) is 0.635. The molecule has 0 aliphatic heterocycles. The number of hydrogen-bond acceptors (Lipinski definition) is 1. The Labute approximate surface area is 109 Å². The number of nitrogens with two attached hydrogens (primary N) is 1. The Morgan fingerprint density at radius 1 is 1.33 bits per heavy atom. The summed E-state index contributed by atoms with van der Waals surface area (Å²) in [4.78, 5) is 4.52. The van der Waals surface area contributed by atoms with Gasteiger partial charge in [0.2, 0.25) is 0 Å². The second-order valence-corrected chi connectivity index (χ2v) is 5.65. The third-order valence-electron chi connectivity index (χ3n) is 3.75. The molecule has 3 N–H and O–H groups in total. The molecule has 0 radical (unpaired) electrons. The largest absolute Gasteiger partial charge is 0.370 e. The fourth-order valence-electron chi connectivity index (χ4n) is 2.24. The number of aryl methyl sites for hydroxylation is 2. The molecule has 0 amide bonds. The van der Waals surface area contributed by atoms with Gasteiger partial charge >= 0.3 is 0 Å². The molecule has 0 saturated heterocycles. The van der Waals surface area contributed by atoms with E-state index in [2.05, 4.69) is 50.1 Å². The van der Waals surface area contributed by atoms with Crippen LogP contribution in [0.15, 0.2) is 23.2 Å². The molecule has 1 fully saturated rings. The number of anilines is 1. The van der Waals surface area contributed by atoms with Crippen molar-refractivity contribution in [1.82, 2.24) is 0 Å². The van der Waals surface area contributed by atoms with Gasteiger partial charge in [-0.05, 0) is 55.4 Å². The molecule has 3 nitrogen and oxygen atoms in total. The molecule has 1 aliphatic rings. The van der Waals surface area contributed by atoms with Crippen LogP contribution in [0.3, 0.4) is 0 Å². The number of benzene rings is 1. The topological polar surface area (TPSA) is 50.4 Å². The highest BCUT2D eigenvalue weighted by Gasteiger charge is 2.39. The maximum Gasteiger partial charge on any atom is 0.193 e. The third-order valence-corrected chi connectivity index (χ3v) is 3.75. The predicted molar refractivity (Wildman–Crippen MR) is 77.9 cm³/mol. The molecule has 1 saturated carbocycles. The lowest BCUT2D eigenvalue weighted by Gasteiger charge is -2.08. The van der Waals surface area contributed by atoms with Crippen molar-refractivity contribution < 1.29 is 0 Å². The van der Waals surface area contributed by atoms with E-state index in [9.17, 15) is 0 Å². The zero-order valence-corrected chi connectivity index (χ0v) is 11.7. The monoisotopic (exact) mass is 245 g/mol. The molecular weight excluding hydrogens is 222 g/mol. The van der Waals surface area contributed by atoms with Gasteiger partial charge < -0.3 is 11.1 Å². The Kier molecular flexibility index (Phi) is 3.60. The summed E-state index contributed by atoms with van der Waals surface area (Å²) in [5.74, 6) is 1.95. The van der Waals surface area contributed by atoms with Crippen LogP contribution in [0.25, 0.3) is 0 Å². The first-order valence-electron chi connectivity index (χ1n) is 6.65. The van der Waals surface area contributed by atoms with E-state index in [1.54, 1.807) is 0 Å². The summed E-state index contributed by atoms with van der Waals surface area (Å²) in [6.45, 7) is 8.69. The Morgan fingerprint density at radius 3 is 2.61 bits per heavy atom. The van der Waals surface area contributed by atoms with E-state index in [-0.39, 0.29) is 0 Å². The van der Waals surface area contributed by atoms with Crippen molar-refractivity contribution in [3.8, 4) is 0 Å². The Bertz CT molecular complexity index is 463. The SMILES string of the molecule is Cc1ccc(NC(N)=N[C@@H]2C[C@H]2C(C)C)cc1C. The fourth-order valence-corrected chi connectivity index (χ4v) is 2.24. The predicted octanol–water partition coefficient (Wildman–Crippen LogP) is 3.07. The normalized spacial score (nSPS) is 23.3. The van der Waals surface area contributed by atoms with Gasteiger partial charge in [0.05, 0.1) is 6.04 Å². The number of rotatable bonds is 3. The maximum absolute atomic E-state index is 5.94. The Morgan fingerprint density at radius 2 is 2.06 bits per heavy atom. The lowest BCUT2D eigenvalue weighted by Crippen LogP contribution is -2.23. The first-order valence-corrected chi connectivity index (χ1v) is 6.65. The van der Waals surface area contributed by atoms with Crippen LogP contribution in [0, 0.1) is 25.7 Å². The molecule has 98 valence electrons. The minimum absolute atomic E-state index is 0.420. The van der Waals surface area contributed by atoms with Crippen molar-refractivity contribution in [2.45, 2.75) is 40.2 Å². The summed E-state index contributed by atoms with van der Waals surface area (Å²) in [6, 6.07) is 6.66. The smallest absolute Gasteiger partial charge is 0.193 e. The van der Waals surface area contributed by atoms with Crippen molar-refractivity contribution in [2.24, 2.45) is 22.6 Å². The molecule has 0 aromatic heterocycles. The molecular formula is C15H23N3. The van der Waals surface area contributed by atoms with E-state index in [0.717, 1.165) is 5.69 Å². The number of guanidine groups is 1. The molecule has 0 bridgehead atoms. The second-order valence-electron chi connectivity index (χ2n) is 5.65. The van der Waals surface area contributed by atoms with Gasteiger partial charge in [-0.2, -0.15) is 0 Å². The molecule has 0 heterocycles. The average Bonchev–Trinajstić information content (AvgIpc) is 3.03. The van der Waals surface area contributed by atoms with Gasteiger partial charge in [-0.1, -0.05) is 19.9 Å². The molecule has 18 heavy (non-hydrogen) atoms. The van der Waals surface area contributed by atoms with Crippen molar-refractivity contribution >= 4 is 11.6 Å². The summed E-state index contributed by atoms with van der Waals surface area (Å²) >= 11 is 0. The van der Waals surface area contributed by atoms with Gasteiger partial charge in [0, 0.05) is 5.69 Å². The van der Waals surface area contributed by atoms with Crippen LogP contribution in [0.4, 0.5) is 5.69 Å². The number of nitrogens with one attached hydrogen (secondary N) is 1. The average molecular weight is 245 g/mol. The molecule has 3 heteroatoms. The van der Waals surface area contributed by atoms with Crippen LogP contribution >= 0.6 is 0 Å².